The van der Waals surface area contributed by atoms with Crippen molar-refractivity contribution in [3.63, 3.8) is 0 Å². The summed E-state index contributed by atoms with van der Waals surface area (Å²) in [6.07, 6.45) is 3.12. The second kappa shape index (κ2) is 5.87. The molecule has 0 amide bonds. The summed E-state index contributed by atoms with van der Waals surface area (Å²) in [7, 11) is 0. The fourth-order valence-corrected chi connectivity index (χ4v) is 7.13. The molecule has 1 aromatic heterocycles. The number of para-hydroxylation sites is 2. The number of benzene rings is 5. The summed E-state index contributed by atoms with van der Waals surface area (Å²) < 4.78 is 2.53. The molecule has 0 bridgehead atoms. The summed E-state index contributed by atoms with van der Waals surface area (Å²) in [4.78, 5) is 0. The largest absolute Gasteiger partial charge is 0.309 e. The molecule has 0 saturated heterocycles. The van der Waals surface area contributed by atoms with Crippen molar-refractivity contribution >= 4 is 21.8 Å². The van der Waals surface area contributed by atoms with E-state index in [0.29, 0.717) is 0 Å². The topological polar surface area (TPSA) is 4.93 Å². The predicted molar refractivity (Wildman–Crippen MR) is 140 cm³/mol. The first-order valence-corrected chi connectivity index (χ1v) is 12.3. The van der Waals surface area contributed by atoms with Crippen molar-refractivity contribution in [1.82, 2.24) is 4.57 Å². The Morgan fingerprint density at radius 1 is 0.500 bits per heavy atom. The van der Waals surface area contributed by atoms with Crippen LogP contribution >= 0.6 is 0 Å². The van der Waals surface area contributed by atoms with Crippen LogP contribution in [-0.2, 0) is 19.3 Å². The lowest BCUT2D eigenvalue weighted by atomic mass is 9.89. The molecule has 0 radical (unpaired) electrons. The molecule has 1 nitrogen and oxygen atoms in total. The Hall–Kier alpha value is -4.10. The molecule has 6 aromatic rings. The van der Waals surface area contributed by atoms with Crippen molar-refractivity contribution in [2.24, 2.45) is 0 Å². The normalized spacial score (nSPS) is 14.1. The van der Waals surface area contributed by atoms with Crippen LogP contribution in [0.25, 0.3) is 49.7 Å². The highest BCUT2D eigenvalue weighted by atomic mass is 15.0. The van der Waals surface area contributed by atoms with Gasteiger partial charge < -0.3 is 4.57 Å². The summed E-state index contributed by atoms with van der Waals surface area (Å²) in [5, 5.41) is 2.78. The third-order valence-corrected chi connectivity index (χ3v) is 8.48. The molecule has 0 fully saturated rings. The Morgan fingerprint density at radius 3 is 2.18 bits per heavy atom. The average molecular weight is 432 g/mol. The number of nitrogens with zero attached hydrogens (tertiary/aromatic N) is 1. The lowest BCUT2D eigenvalue weighted by Crippen LogP contribution is -2.09. The molecule has 0 saturated carbocycles. The maximum atomic E-state index is 2.53. The second-order valence-corrected chi connectivity index (χ2v) is 10.1. The lowest BCUT2D eigenvalue weighted by molar-refractivity contribution is 1.04. The summed E-state index contributed by atoms with van der Waals surface area (Å²) >= 11 is 0. The third kappa shape index (κ3) is 1.94. The van der Waals surface area contributed by atoms with E-state index in [-0.39, 0.29) is 0 Å². The minimum atomic E-state index is 1.00. The van der Waals surface area contributed by atoms with Crippen LogP contribution in [-0.4, -0.2) is 4.57 Å². The van der Waals surface area contributed by atoms with Crippen LogP contribution in [0.4, 0.5) is 0 Å². The van der Waals surface area contributed by atoms with Crippen LogP contribution < -0.4 is 0 Å². The molecular weight excluding hydrogens is 410 g/mol. The van der Waals surface area contributed by atoms with E-state index < -0.39 is 0 Å². The smallest absolute Gasteiger partial charge is 0.0582 e. The summed E-state index contributed by atoms with van der Waals surface area (Å²) in [6.45, 7) is 0. The molecule has 5 aromatic carbocycles. The molecule has 2 aliphatic carbocycles. The Balaban J connectivity index is 1.39. The van der Waals surface area contributed by atoms with E-state index in [1.807, 2.05) is 0 Å². The van der Waals surface area contributed by atoms with Crippen LogP contribution in [0.1, 0.15) is 33.4 Å². The first kappa shape index (κ1) is 17.4. The zero-order valence-electron chi connectivity index (χ0n) is 18.7. The molecule has 0 unspecified atom stereocenters. The van der Waals surface area contributed by atoms with E-state index in [4.69, 9.17) is 0 Å². The number of hydrogen-bond acceptors (Lipinski definition) is 0. The van der Waals surface area contributed by atoms with Crippen LogP contribution in [0.5, 0.6) is 0 Å². The Morgan fingerprint density at radius 2 is 1.21 bits per heavy atom. The van der Waals surface area contributed by atoms with Crippen LogP contribution in [0, 0.1) is 0 Å². The van der Waals surface area contributed by atoms with Crippen molar-refractivity contribution in [3.05, 3.63) is 124 Å². The van der Waals surface area contributed by atoms with Gasteiger partial charge in [0.15, 0.2) is 0 Å². The maximum Gasteiger partial charge on any atom is 0.0582 e. The van der Waals surface area contributed by atoms with E-state index in [9.17, 15) is 0 Å². The van der Waals surface area contributed by atoms with Crippen molar-refractivity contribution in [3.8, 4) is 27.9 Å². The van der Waals surface area contributed by atoms with Gasteiger partial charge in [-0.05, 0) is 86.7 Å². The number of hydrogen-bond donors (Lipinski definition) is 0. The highest BCUT2D eigenvalue weighted by Crippen LogP contribution is 2.51. The van der Waals surface area contributed by atoms with Gasteiger partial charge in [0.1, 0.15) is 0 Å². The van der Waals surface area contributed by atoms with Crippen molar-refractivity contribution in [1.29, 1.82) is 0 Å². The molecule has 2 heterocycles. The van der Waals surface area contributed by atoms with Gasteiger partial charge in [-0.3, -0.25) is 0 Å². The SMILES string of the molecule is c1ccc2c(c1)Cc1c-2ccc2c1Cc1cc3c4ccccc4n4c3c(c1-2)Cc1ccccc1-4. The van der Waals surface area contributed by atoms with Gasteiger partial charge in [0.2, 0.25) is 0 Å². The lowest BCUT2D eigenvalue weighted by Gasteiger charge is -2.23. The average Bonchev–Trinajstić information content (AvgIpc) is 3.55. The second-order valence-electron chi connectivity index (χ2n) is 10.1. The predicted octanol–water partition coefficient (Wildman–Crippen LogP) is 7.83. The van der Waals surface area contributed by atoms with Gasteiger partial charge in [-0.2, -0.15) is 0 Å². The number of fused-ring (bicyclic) bond motifs is 13. The van der Waals surface area contributed by atoms with E-state index in [0.717, 1.165) is 19.3 Å². The molecule has 158 valence electrons. The molecule has 34 heavy (non-hydrogen) atoms. The van der Waals surface area contributed by atoms with Gasteiger partial charge in [0.25, 0.3) is 0 Å². The van der Waals surface area contributed by atoms with Crippen molar-refractivity contribution in [2.45, 2.75) is 19.3 Å². The van der Waals surface area contributed by atoms with Crippen LogP contribution in [0.15, 0.2) is 91.0 Å². The standard InChI is InChI=1S/C33H21N/c1-3-9-22-19(7-1)15-26-23(22)13-14-25-27(26)17-21-18-28-24-10-4-6-12-31(24)34-30-11-5-2-8-20(30)16-29(32(21)25)33(28)34/h1-14,18H,15-17H2. The van der Waals surface area contributed by atoms with Gasteiger partial charge in [0, 0.05) is 22.9 Å². The van der Waals surface area contributed by atoms with E-state index >= 15 is 0 Å². The van der Waals surface area contributed by atoms with Gasteiger partial charge in [0.05, 0.1) is 11.0 Å². The monoisotopic (exact) mass is 431 g/mol. The highest BCUT2D eigenvalue weighted by molar-refractivity contribution is 6.13. The quantitative estimate of drug-likeness (QED) is 0.231. The van der Waals surface area contributed by atoms with Gasteiger partial charge in [-0.25, -0.2) is 0 Å². The van der Waals surface area contributed by atoms with Gasteiger partial charge in [-0.15, -0.1) is 0 Å². The van der Waals surface area contributed by atoms with Crippen molar-refractivity contribution < 1.29 is 0 Å². The molecule has 1 heteroatoms. The van der Waals surface area contributed by atoms with Crippen LogP contribution in [0.3, 0.4) is 0 Å². The third-order valence-electron chi connectivity index (χ3n) is 8.48. The minimum absolute atomic E-state index is 1.00. The molecule has 3 aliphatic rings. The molecular formula is C33H21N. The molecule has 1 aliphatic heterocycles. The Bertz CT molecular complexity index is 1880. The first-order chi connectivity index (χ1) is 16.9. The zero-order valence-corrected chi connectivity index (χ0v) is 18.7. The first-order valence-electron chi connectivity index (χ1n) is 12.3. The summed E-state index contributed by atoms with van der Waals surface area (Å²) in [5.41, 5.74) is 18.9. The molecule has 0 atom stereocenters. The van der Waals surface area contributed by atoms with Gasteiger partial charge >= 0.3 is 0 Å². The fraction of sp³-hybridized carbons (Fsp3) is 0.0909. The van der Waals surface area contributed by atoms with Crippen LogP contribution in [0.2, 0.25) is 0 Å². The number of aromatic nitrogens is 1. The van der Waals surface area contributed by atoms with E-state index in [1.54, 1.807) is 11.1 Å². The zero-order chi connectivity index (χ0) is 22.0. The van der Waals surface area contributed by atoms with Gasteiger partial charge in [-0.1, -0.05) is 72.8 Å². The summed E-state index contributed by atoms with van der Waals surface area (Å²) in [6, 6.07) is 34.2. The van der Waals surface area contributed by atoms with Crippen molar-refractivity contribution in [2.75, 3.05) is 0 Å². The minimum Gasteiger partial charge on any atom is -0.309 e. The molecule has 9 rings (SSSR count). The Kier molecular flexibility index (Phi) is 3.00. The fourth-order valence-electron chi connectivity index (χ4n) is 7.13. The summed E-state index contributed by atoms with van der Waals surface area (Å²) in [5.74, 6) is 0. The number of rotatable bonds is 0. The highest BCUT2D eigenvalue weighted by Gasteiger charge is 2.33. The molecule has 0 spiro atoms. The van der Waals surface area contributed by atoms with E-state index in [1.165, 1.54) is 72.0 Å². The molecule has 0 N–H and O–H groups in total. The maximum absolute atomic E-state index is 2.53. The Labute approximate surface area is 197 Å². The van der Waals surface area contributed by atoms with E-state index in [2.05, 4.69) is 95.6 Å².